The Kier molecular flexibility index (Phi) is 4.61. The first-order chi connectivity index (χ1) is 8.63. The zero-order chi connectivity index (χ0) is 13.0. The van der Waals surface area contributed by atoms with Crippen LogP contribution in [0.5, 0.6) is 0 Å². The van der Waals surface area contributed by atoms with Gasteiger partial charge in [0.15, 0.2) is 6.54 Å². The van der Waals surface area contributed by atoms with Gasteiger partial charge < -0.3 is 10.2 Å². The van der Waals surface area contributed by atoms with Crippen LogP contribution in [-0.2, 0) is 4.79 Å². The van der Waals surface area contributed by atoms with Crippen LogP contribution >= 0.6 is 11.6 Å². The molecular weight excluding hydrogens is 248 g/mol. The van der Waals surface area contributed by atoms with Crippen LogP contribution in [0.15, 0.2) is 24.3 Å². The zero-order valence-electron chi connectivity index (χ0n) is 10.7. The summed E-state index contributed by atoms with van der Waals surface area (Å²) in [5, 5.41) is 3.59. The van der Waals surface area contributed by atoms with Gasteiger partial charge in [0.25, 0.3) is 5.91 Å². The van der Waals surface area contributed by atoms with E-state index in [0.29, 0.717) is 11.6 Å². The first kappa shape index (κ1) is 13.4. The lowest BCUT2D eigenvalue weighted by Gasteiger charge is -2.26. The van der Waals surface area contributed by atoms with Crippen molar-refractivity contribution in [2.24, 2.45) is 5.92 Å². The van der Waals surface area contributed by atoms with E-state index in [2.05, 4.69) is 12.2 Å². The second-order valence-electron chi connectivity index (χ2n) is 5.16. The number of piperidine rings is 1. The Morgan fingerprint density at radius 2 is 1.94 bits per heavy atom. The number of carbonyl (C=O) groups is 1. The topological polar surface area (TPSA) is 33.5 Å². The molecule has 3 nitrogen and oxygen atoms in total. The molecule has 2 N–H and O–H groups in total. The molecule has 1 aliphatic rings. The van der Waals surface area contributed by atoms with Crippen molar-refractivity contribution < 1.29 is 9.69 Å². The monoisotopic (exact) mass is 267 g/mol. The van der Waals surface area contributed by atoms with Crippen molar-refractivity contribution in [2.75, 3.05) is 25.0 Å². The van der Waals surface area contributed by atoms with Crippen molar-refractivity contribution in [3.05, 3.63) is 29.3 Å². The number of nitrogens with one attached hydrogen (secondary N) is 2. The molecule has 2 rings (SSSR count). The van der Waals surface area contributed by atoms with E-state index in [1.54, 1.807) is 12.1 Å². The Morgan fingerprint density at radius 1 is 1.33 bits per heavy atom. The van der Waals surface area contributed by atoms with Gasteiger partial charge in [0.2, 0.25) is 0 Å². The van der Waals surface area contributed by atoms with Crippen LogP contribution in [0.3, 0.4) is 0 Å². The number of carbonyl (C=O) groups excluding carboxylic acids is 1. The lowest BCUT2D eigenvalue weighted by atomic mass is 9.99. The first-order valence-corrected chi connectivity index (χ1v) is 6.90. The van der Waals surface area contributed by atoms with E-state index >= 15 is 0 Å². The fraction of sp³-hybridized carbons (Fsp3) is 0.500. The minimum atomic E-state index is 0.0851. The molecule has 0 atom stereocenters. The van der Waals surface area contributed by atoms with Gasteiger partial charge in [-0.15, -0.1) is 0 Å². The molecule has 1 heterocycles. The molecular formula is C14H20ClN2O+. The van der Waals surface area contributed by atoms with Gasteiger partial charge in [-0.2, -0.15) is 0 Å². The molecule has 1 saturated heterocycles. The fourth-order valence-corrected chi connectivity index (χ4v) is 2.44. The minimum absolute atomic E-state index is 0.0851. The average molecular weight is 268 g/mol. The second kappa shape index (κ2) is 6.21. The number of quaternary nitrogens is 1. The van der Waals surface area contributed by atoms with Gasteiger partial charge in [0.1, 0.15) is 0 Å². The molecule has 1 aromatic rings. The molecule has 0 bridgehead atoms. The van der Waals surface area contributed by atoms with E-state index in [4.69, 9.17) is 11.6 Å². The van der Waals surface area contributed by atoms with Gasteiger partial charge in [0, 0.05) is 10.7 Å². The van der Waals surface area contributed by atoms with E-state index in [1.807, 2.05) is 12.1 Å². The summed E-state index contributed by atoms with van der Waals surface area (Å²) in [6.07, 6.45) is 2.45. The van der Waals surface area contributed by atoms with E-state index in [1.165, 1.54) is 17.7 Å². The molecule has 0 aliphatic carbocycles. The highest BCUT2D eigenvalue weighted by molar-refractivity contribution is 6.30. The largest absolute Gasteiger partial charge is 0.327 e. The van der Waals surface area contributed by atoms with Crippen LogP contribution in [0.1, 0.15) is 19.8 Å². The quantitative estimate of drug-likeness (QED) is 0.857. The summed E-state index contributed by atoms with van der Waals surface area (Å²) in [5.41, 5.74) is 0.814. The standard InChI is InChI=1S/C14H19ClN2O/c1-11-6-8-17(9-7-11)10-14(18)16-13-4-2-12(15)3-5-13/h2-5,11H,6-10H2,1H3,(H,16,18)/p+1. The number of hydrogen-bond donors (Lipinski definition) is 2. The molecule has 1 aliphatic heterocycles. The SMILES string of the molecule is CC1CC[NH+](CC(=O)Nc2ccc(Cl)cc2)CC1. The van der Waals surface area contributed by atoms with Crippen LogP contribution in [0, 0.1) is 5.92 Å². The van der Waals surface area contributed by atoms with Crippen LogP contribution < -0.4 is 10.2 Å². The van der Waals surface area contributed by atoms with Crippen molar-refractivity contribution in [1.29, 1.82) is 0 Å². The third kappa shape index (κ3) is 4.00. The number of amides is 1. The first-order valence-electron chi connectivity index (χ1n) is 6.52. The third-order valence-electron chi connectivity index (χ3n) is 3.52. The Morgan fingerprint density at radius 3 is 2.56 bits per heavy atom. The molecule has 18 heavy (non-hydrogen) atoms. The van der Waals surface area contributed by atoms with Gasteiger partial charge in [-0.1, -0.05) is 18.5 Å². The highest BCUT2D eigenvalue weighted by atomic mass is 35.5. The van der Waals surface area contributed by atoms with E-state index in [9.17, 15) is 4.79 Å². The summed E-state index contributed by atoms with van der Waals surface area (Å²) >= 11 is 5.80. The van der Waals surface area contributed by atoms with Crippen molar-refractivity contribution in [2.45, 2.75) is 19.8 Å². The molecule has 0 aromatic heterocycles. The highest BCUT2D eigenvalue weighted by Gasteiger charge is 2.21. The van der Waals surface area contributed by atoms with Gasteiger partial charge in [-0.25, -0.2) is 0 Å². The average Bonchev–Trinajstić information content (AvgIpc) is 2.35. The summed E-state index contributed by atoms with van der Waals surface area (Å²) in [4.78, 5) is 13.3. The Balaban J connectivity index is 1.80. The summed E-state index contributed by atoms with van der Waals surface area (Å²) in [6, 6.07) is 7.22. The molecule has 1 fully saturated rings. The highest BCUT2D eigenvalue weighted by Crippen LogP contribution is 2.13. The minimum Gasteiger partial charge on any atom is -0.327 e. The van der Waals surface area contributed by atoms with Crippen LogP contribution in [-0.4, -0.2) is 25.5 Å². The predicted molar refractivity (Wildman–Crippen MR) is 74.0 cm³/mol. The second-order valence-corrected chi connectivity index (χ2v) is 5.60. The number of anilines is 1. The Labute approximate surface area is 113 Å². The predicted octanol–water partition coefficient (Wildman–Crippen LogP) is 1.59. The van der Waals surface area contributed by atoms with Gasteiger partial charge in [-0.3, -0.25) is 4.79 Å². The van der Waals surface area contributed by atoms with Crippen LogP contribution in [0.2, 0.25) is 5.02 Å². The number of rotatable bonds is 3. The van der Waals surface area contributed by atoms with Crippen LogP contribution in [0.25, 0.3) is 0 Å². The van der Waals surface area contributed by atoms with E-state index in [0.717, 1.165) is 24.7 Å². The van der Waals surface area contributed by atoms with Gasteiger partial charge in [-0.05, 0) is 43.0 Å². The lowest BCUT2D eigenvalue weighted by molar-refractivity contribution is -0.897. The maximum Gasteiger partial charge on any atom is 0.279 e. The molecule has 98 valence electrons. The Hall–Kier alpha value is -1.06. The number of hydrogen-bond acceptors (Lipinski definition) is 1. The number of benzene rings is 1. The van der Waals surface area contributed by atoms with Gasteiger partial charge in [0.05, 0.1) is 13.1 Å². The Bertz CT molecular complexity index is 397. The molecule has 0 saturated carbocycles. The third-order valence-corrected chi connectivity index (χ3v) is 3.77. The molecule has 0 unspecified atom stereocenters. The van der Waals surface area contributed by atoms with Crippen LogP contribution in [0.4, 0.5) is 5.69 Å². The number of halogens is 1. The smallest absolute Gasteiger partial charge is 0.279 e. The molecule has 0 radical (unpaired) electrons. The normalized spacial score (nSPS) is 23.7. The number of likely N-dealkylation sites (tertiary alicyclic amines) is 1. The molecule has 0 spiro atoms. The summed E-state index contributed by atoms with van der Waals surface area (Å²) in [7, 11) is 0. The summed E-state index contributed by atoms with van der Waals surface area (Å²) in [5.74, 6) is 0.898. The molecule has 4 heteroatoms. The van der Waals surface area contributed by atoms with Crippen molar-refractivity contribution in [3.8, 4) is 0 Å². The summed E-state index contributed by atoms with van der Waals surface area (Å²) < 4.78 is 0. The fourth-order valence-electron chi connectivity index (χ4n) is 2.31. The summed E-state index contributed by atoms with van der Waals surface area (Å²) in [6.45, 7) is 5.06. The lowest BCUT2D eigenvalue weighted by Crippen LogP contribution is -3.14. The maximum atomic E-state index is 11.9. The zero-order valence-corrected chi connectivity index (χ0v) is 11.5. The van der Waals surface area contributed by atoms with E-state index in [-0.39, 0.29) is 5.91 Å². The molecule has 1 amide bonds. The van der Waals surface area contributed by atoms with Crippen molar-refractivity contribution in [1.82, 2.24) is 0 Å². The van der Waals surface area contributed by atoms with Crippen molar-refractivity contribution in [3.63, 3.8) is 0 Å². The maximum absolute atomic E-state index is 11.9. The molecule has 1 aromatic carbocycles. The van der Waals surface area contributed by atoms with E-state index < -0.39 is 0 Å². The van der Waals surface area contributed by atoms with Gasteiger partial charge >= 0.3 is 0 Å². The van der Waals surface area contributed by atoms with Crippen molar-refractivity contribution >= 4 is 23.2 Å².